The van der Waals surface area contributed by atoms with Gasteiger partial charge in [-0.3, -0.25) is 4.98 Å². The molecule has 2 N–H and O–H groups in total. The Bertz CT molecular complexity index is 1640. The number of anilines is 2. The van der Waals surface area contributed by atoms with Crippen LogP contribution >= 0.6 is 0 Å². The third kappa shape index (κ3) is 5.84. The zero-order valence-corrected chi connectivity index (χ0v) is 23.3. The molecule has 4 aromatic rings. The van der Waals surface area contributed by atoms with Crippen LogP contribution in [-0.2, 0) is 5.54 Å². The van der Waals surface area contributed by atoms with Crippen LogP contribution in [-0.4, -0.2) is 38.2 Å². The van der Waals surface area contributed by atoms with Crippen molar-refractivity contribution in [2.24, 2.45) is 5.41 Å². The lowest BCUT2D eigenvalue weighted by molar-refractivity contribution is 0.232. The largest absolute Gasteiger partial charge is 0.383 e. The molecule has 0 radical (unpaired) electrons. The van der Waals surface area contributed by atoms with Crippen LogP contribution in [0.25, 0.3) is 10.9 Å². The first-order valence-electron chi connectivity index (χ1n) is 12.8. The van der Waals surface area contributed by atoms with Crippen molar-refractivity contribution in [3.63, 3.8) is 0 Å². The van der Waals surface area contributed by atoms with Gasteiger partial charge in [0.25, 0.3) is 0 Å². The standard InChI is InChI=1S/C29H31F2N9/c1-17-21(7-8-24(31)36-17)27(23-14-40(39-38-23)29(5,6)15-30)37-20-9-18(11-32)25-22(10-20)26(19(12-33)13-34-25)35-16-28(2,3)4/h7-10,13-14,27,37H,15-16H2,1-6H3,(H,34,35). The maximum absolute atomic E-state index is 13.9. The second-order valence-electron chi connectivity index (χ2n) is 11.5. The van der Waals surface area contributed by atoms with E-state index < -0.39 is 24.2 Å². The Morgan fingerprint density at radius 1 is 1.07 bits per heavy atom. The van der Waals surface area contributed by atoms with Crippen LogP contribution in [0.15, 0.2) is 36.7 Å². The van der Waals surface area contributed by atoms with Gasteiger partial charge in [-0.25, -0.2) is 14.1 Å². The van der Waals surface area contributed by atoms with Crippen LogP contribution < -0.4 is 10.6 Å². The summed E-state index contributed by atoms with van der Waals surface area (Å²) in [6.45, 7) is 11.2. The van der Waals surface area contributed by atoms with Crippen molar-refractivity contribution >= 4 is 22.3 Å². The molecule has 0 bridgehead atoms. The van der Waals surface area contributed by atoms with Crippen LogP contribution in [0.4, 0.5) is 20.2 Å². The number of hydrogen-bond acceptors (Lipinski definition) is 8. The number of aryl methyl sites for hydroxylation is 1. The van der Waals surface area contributed by atoms with E-state index >= 15 is 0 Å². The van der Waals surface area contributed by atoms with Gasteiger partial charge in [-0.15, -0.1) is 5.10 Å². The summed E-state index contributed by atoms with van der Waals surface area (Å²) in [6, 6.07) is 10.0. The summed E-state index contributed by atoms with van der Waals surface area (Å²) >= 11 is 0. The maximum Gasteiger partial charge on any atom is 0.213 e. The highest BCUT2D eigenvalue weighted by Crippen LogP contribution is 2.34. The molecule has 0 spiro atoms. The molecular formula is C29H31F2N9. The Kier molecular flexibility index (Phi) is 7.70. The van der Waals surface area contributed by atoms with Gasteiger partial charge in [-0.2, -0.15) is 14.9 Å². The average molecular weight is 544 g/mol. The van der Waals surface area contributed by atoms with Gasteiger partial charge >= 0.3 is 0 Å². The summed E-state index contributed by atoms with van der Waals surface area (Å²) < 4.78 is 29.0. The van der Waals surface area contributed by atoms with E-state index in [0.717, 1.165) is 0 Å². The highest BCUT2D eigenvalue weighted by molar-refractivity contribution is 5.99. The van der Waals surface area contributed by atoms with Gasteiger partial charge in [-0.1, -0.05) is 32.1 Å². The summed E-state index contributed by atoms with van der Waals surface area (Å²) in [5.74, 6) is -0.621. The third-order valence-corrected chi connectivity index (χ3v) is 6.48. The monoisotopic (exact) mass is 543 g/mol. The molecule has 0 fully saturated rings. The van der Waals surface area contributed by atoms with Gasteiger partial charge in [0.05, 0.1) is 40.1 Å². The molecule has 0 aliphatic heterocycles. The number of alkyl halides is 1. The molecule has 0 aliphatic carbocycles. The average Bonchev–Trinajstić information content (AvgIpc) is 3.41. The molecule has 1 unspecified atom stereocenters. The van der Waals surface area contributed by atoms with E-state index in [4.69, 9.17) is 0 Å². The van der Waals surface area contributed by atoms with Gasteiger partial charge < -0.3 is 10.6 Å². The zero-order chi connectivity index (χ0) is 29.2. The normalized spacial score (nSPS) is 12.6. The van der Waals surface area contributed by atoms with Crippen molar-refractivity contribution in [3.05, 3.63) is 70.7 Å². The lowest BCUT2D eigenvalue weighted by Gasteiger charge is -2.23. The number of fused-ring (bicyclic) bond motifs is 1. The van der Waals surface area contributed by atoms with Crippen molar-refractivity contribution in [2.75, 3.05) is 23.9 Å². The minimum absolute atomic E-state index is 0.0757. The first-order valence-corrected chi connectivity index (χ1v) is 12.8. The fourth-order valence-corrected chi connectivity index (χ4v) is 4.19. The van der Waals surface area contributed by atoms with E-state index in [2.05, 4.69) is 63.8 Å². The predicted molar refractivity (Wildman–Crippen MR) is 149 cm³/mol. The second kappa shape index (κ2) is 10.9. The van der Waals surface area contributed by atoms with Crippen molar-refractivity contribution in [1.29, 1.82) is 10.5 Å². The molecule has 3 heterocycles. The SMILES string of the molecule is Cc1nc(F)ccc1C(Nc1cc(C#N)c2ncc(C#N)c(NCC(C)(C)C)c2c1)c1cn(C(C)(C)CF)nn1. The molecule has 0 saturated heterocycles. The first-order chi connectivity index (χ1) is 18.9. The molecule has 206 valence electrons. The summed E-state index contributed by atoms with van der Waals surface area (Å²) in [5, 5.41) is 35.6. The zero-order valence-electron chi connectivity index (χ0n) is 23.3. The Balaban J connectivity index is 1.88. The fraction of sp³-hybridized carbons (Fsp3) is 0.379. The molecule has 11 heteroatoms. The van der Waals surface area contributed by atoms with E-state index in [0.29, 0.717) is 56.9 Å². The summed E-state index contributed by atoms with van der Waals surface area (Å²) in [6.07, 6.45) is 3.10. The van der Waals surface area contributed by atoms with Gasteiger partial charge in [-0.05, 0) is 44.4 Å². The number of halogens is 2. The van der Waals surface area contributed by atoms with Gasteiger partial charge in [0.1, 0.15) is 24.5 Å². The number of nitriles is 2. The fourth-order valence-electron chi connectivity index (χ4n) is 4.19. The van der Waals surface area contributed by atoms with Crippen molar-refractivity contribution in [1.82, 2.24) is 25.0 Å². The first kappa shape index (κ1) is 28.4. The van der Waals surface area contributed by atoms with E-state index in [-0.39, 0.29) is 5.41 Å². The Morgan fingerprint density at radius 3 is 2.42 bits per heavy atom. The van der Waals surface area contributed by atoms with Crippen LogP contribution in [0.3, 0.4) is 0 Å². The smallest absolute Gasteiger partial charge is 0.213 e. The van der Waals surface area contributed by atoms with Gasteiger partial charge in [0.2, 0.25) is 5.95 Å². The molecule has 1 atom stereocenters. The number of benzene rings is 1. The van der Waals surface area contributed by atoms with E-state index in [9.17, 15) is 19.3 Å². The summed E-state index contributed by atoms with van der Waals surface area (Å²) in [7, 11) is 0. The minimum Gasteiger partial charge on any atom is -0.383 e. The number of aromatic nitrogens is 5. The number of nitrogens with zero attached hydrogens (tertiary/aromatic N) is 7. The summed E-state index contributed by atoms with van der Waals surface area (Å²) in [4.78, 5) is 8.37. The molecular weight excluding hydrogens is 512 g/mol. The molecule has 0 aliphatic rings. The molecule has 0 saturated carbocycles. The Hall–Kier alpha value is -4.64. The van der Waals surface area contributed by atoms with E-state index in [1.807, 2.05) is 6.07 Å². The molecule has 0 amide bonds. The topological polar surface area (TPSA) is 128 Å². The molecule has 40 heavy (non-hydrogen) atoms. The second-order valence-corrected chi connectivity index (χ2v) is 11.5. The third-order valence-electron chi connectivity index (χ3n) is 6.48. The predicted octanol–water partition coefficient (Wildman–Crippen LogP) is 5.78. The van der Waals surface area contributed by atoms with Crippen molar-refractivity contribution in [3.8, 4) is 12.1 Å². The number of nitrogens with one attached hydrogen (secondary N) is 2. The quantitative estimate of drug-likeness (QED) is 0.268. The van der Waals surface area contributed by atoms with Crippen LogP contribution in [0.1, 0.15) is 68.7 Å². The van der Waals surface area contributed by atoms with Gasteiger partial charge in [0.15, 0.2) is 0 Å². The van der Waals surface area contributed by atoms with Crippen molar-refractivity contribution < 1.29 is 8.78 Å². The van der Waals surface area contributed by atoms with Crippen molar-refractivity contribution in [2.45, 2.75) is 53.1 Å². The molecule has 1 aromatic carbocycles. The number of pyridine rings is 2. The van der Waals surface area contributed by atoms with E-state index in [1.165, 1.54) is 16.9 Å². The van der Waals surface area contributed by atoms with Gasteiger partial charge in [0, 0.05) is 35.1 Å². The molecule has 4 rings (SSSR count). The van der Waals surface area contributed by atoms with Crippen LogP contribution in [0, 0.1) is 40.9 Å². The lowest BCUT2D eigenvalue weighted by Crippen LogP contribution is -2.29. The molecule has 3 aromatic heterocycles. The number of hydrogen-bond donors (Lipinski definition) is 2. The highest BCUT2D eigenvalue weighted by atomic mass is 19.1. The maximum atomic E-state index is 13.9. The lowest BCUT2D eigenvalue weighted by atomic mass is 9.96. The van der Waals surface area contributed by atoms with E-state index in [1.54, 1.807) is 39.1 Å². The van der Waals surface area contributed by atoms with Crippen LogP contribution in [0.2, 0.25) is 0 Å². The van der Waals surface area contributed by atoms with Crippen LogP contribution in [0.5, 0.6) is 0 Å². The number of rotatable bonds is 8. The summed E-state index contributed by atoms with van der Waals surface area (Å²) in [5.41, 5.74) is 2.73. The molecule has 9 nitrogen and oxygen atoms in total. The Labute approximate surface area is 231 Å². The highest BCUT2D eigenvalue weighted by Gasteiger charge is 2.27. The minimum atomic E-state index is -0.921. The Morgan fingerprint density at radius 2 is 1.80 bits per heavy atom.